The van der Waals surface area contributed by atoms with Gasteiger partial charge in [0.05, 0.1) is 16.0 Å². The Bertz CT molecular complexity index is 1640. The molecule has 0 saturated heterocycles. The minimum Gasteiger partial charge on any atom is -0.235 e. The largest absolute Gasteiger partial charge is 0.269 e. The van der Waals surface area contributed by atoms with E-state index in [-0.39, 0.29) is 15.4 Å². The number of sulfonamides is 1. The normalized spacial score (nSPS) is 13.0. The first-order valence-corrected chi connectivity index (χ1v) is 14.4. The summed E-state index contributed by atoms with van der Waals surface area (Å²) in [4.78, 5) is 8.99. The van der Waals surface area contributed by atoms with E-state index in [1.807, 2.05) is 27.7 Å². The molecule has 35 heavy (non-hydrogen) atoms. The molecule has 2 heterocycles. The van der Waals surface area contributed by atoms with E-state index >= 15 is 0 Å². The molecule has 11 heteroatoms. The van der Waals surface area contributed by atoms with Crippen LogP contribution < -0.4 is 0 Å². The summed E-state index contributed by atoms with van der Waals surface area (Å²) < 4.78 is 56.3. The molecule has 0 amide bonds. The Hall–Kier alpha value is -2.60. The number of fused-ring (bicyclic) bond motifs is 1. The number of rotatable bonds is 5. The lowest BCUT2D eigenvalue weighted by atomic mass is 10.1. The van der Waals surface area contributed by atoms with Crippen molar-refractivity contribution >= 4 is 47.1 Å². The Morgan fingerprint density at radius 1 is 0.971 bits per heavy atom. The quantitative estimate of drug-likeness (QED) is 0.337. The molecule has 0 spiro atoms. The van der Waals surface area contributed by atoms with Crippen LogP contribution in [0.1, 0.15) is 26.3 Å². The SMILES string of the molecule is Cc1ccc(S(=O)(=O)n2cc(-c3cccc(S(=O)(=O)N(C)C(C)(C)C)c3)c3nc(Br)cnc32)cc1. The summed E-state index contributed by atoms with van der Waals surface area (Å²) in [6, 6.07) is 12.9. The predicted octanol–water partition coefficient (Wildman–Crippen LogP) is 4.83. The van der Waals surface area contributed by atoms with E-state index in [1.54, 1.807) is 24.3 Å². The summed E-state index contributed by atoms with van der Waals surface area (Å²) in [5, 5.41) is 0. The van der Waals surface area contributed by atoms with Crippen LogP contribution in [0.5, 0.6) is 0 Å². The summed E-state index contributed by atoms with van der Waals surface area (Å²) in [7, 11) is -6.24. The molecule has 0 aliphatic heterocycles. The fourth-order valence-corrected chi connectivity index (χ4v) is 6.66. The van der Waals surface area contributed by atoms with E-state index in [0.29, 0.717) is 21.2 Å². The van der Waals surface area contributed by atoms with Crippen molar-refractivity contribution in [3.8, 4) is 11.1 Å². The summed E-state index contributed by atoms with van der Waals surface area (Å²) >= 11 is 3.30. The molecule has 0 fully saturated rings. The molecule has 0 saturated carbocycles. The van der Waals surface area contributed by atoms with Crippen LogP contribution in [0, 0.1) is 6.92 Å². The van der Waals surface area contributed by atoms with Crippen molar-refractivity contribution in [2.45, 2.75) is 43.0 Å². The van der Waals surface area contributed by atoms with E-state index in [1.165, 1.54) is 48.0 Å². The Kier molecular flexibility index (Phi) is 6.41. The highest BCUT2D eigenvalue weighted by atomic mass is 79.9. The molecular formula is C24H25BrN4O4S2. The van der Waals surface area contributed by atoms with Gasteiger partial charge in [-0.2, -0.15) is 4.31 Å². The van der Waals surface area contributed by atoms with Gasteiger partial charge in [-0.15, -0.1) is 0 Å². The average Bonchev–Trinajstić information content (AvgIpc) is 3.18. The Labute approximate surface area is 213 Å². The molecule has 2 aromatic carbocycles. The molecule has 0 unspecified atom stereocenters. The minimum atomic E-state index is -3.98. The van der Waals surface area contributed by atoms with E-state index in [0.717, 1.165) is 9.54 Å². The molecule has 4 rings (SSSR count). The molecule has 184 valence electrons. The topological polar surface area (TPSA) is 102 Å². The molecule has 8 nitrogen and oxygen atoms in total. The molecule has 0 aliphatic rings. The maximum absolute atomic E-state index is 13.5. The van der Waals surface area contributed by atoms with Crippen molar-refractivity contribution in [2.24, 2.45) is 0 Å². The fraction of sp³-hybridized carbons (Fsp3) is 0.250. The van der Waals surface area contributed by atoms with Gasteiger partial charge >= 0.3 is 0 Å². The van der Waals surface area contributed by atoms with Crippen LogP contribution in [0.4, 0.5) is 0 Å². The van der Waals surface area contributed by atoms with Crippen molar-refractivity contribution in [2.75, 3.05) is 7.05 Å². The average molecular weight is 578 g/mol. The van der Waals surface area contributed by atoms with Crippen LogP contribution in [0.25, 0.3) is 22.3 Å². The summed E-state index contributed by atoms with van der Waals surface area (Å²) in [6.45, 7) is 7.31. The number of aryl methyl sites for hydroxylation is 1. The van der Waals surface area contributed by atoms with E-state index in [4.69, 9.17) is 0 Å². The zero-order chi connectivity index (χ0) is 25.8. The van der Waals surface area contributed by atoms with Gasteiger partial charge in [0, 0.05) is 24.3 Å². The number of hydrogen-bond donors (Lipinski definition) is 0. The number of benzene rings is 2. The molecule has 0 atom stereocenters. The maximum Gasteiger partial charge on any atom is 0.269 e. The number of nitrogens with zero attached hydrogens (tertiary/aromatic N) is 4. The van der Waals surface area contributed by atoms with Crippen LogP contribution in [-0.4, -0.2) is 47.7 Å². The molecule has 0 aliphatic carbocycles. The first-order valence-electron chi connectivity index (χ1n) is 10.7. The number of halogens is 1. The Balaban J connectivity index is 1.93. The van der Waals surface area contributed by atoms with E-state index in [2.05, 4.69) is 25.9 Å². The smallest absolute Gasteiger partial charge is 0.235 e. The summed E-state index contributed by atoms with van der Waals surface area (Å²) in [5.74, 6) is 0. The summed E-state index contributed by atoms with van der Waals surface area (Å²) in [6.07, 6.45) is 2.86. The Morgan fingerprint density at radius 3 is 2.26 bits per heavy atom. The van der Waals surface area contributed by atoms with Gasteiger partial charge < -0.3 is 0 Å². The van der Waals surface area contributed by atoms with Crippen molar-refractivity contribution in [1.29, 1.82) is 0 Å². The van der Waals surface area contributed by atoms with Gasteiger partial charge in [0.1, 0.15) is 10.1 Å². The van der Waals surface area contributed by atoms with Crippen LogP contribution >= 0.6 is 15.9 Å². The Morgan fingerprint density at radius 2 is 1.63 bits per heavy atom. The van der Waals surface area contributed by atoms with Gasteiger partial charge in [-0.1, -0.05) is 29.8 Å². The number of hydrogen-bond acceptors (Lipinski definition) is 6. The lowest BCUT2D eigenvalue weighted by molar-refractivity contribution is 0.292. The molecule has 2 aromatic heterocycles. The lowest BCUT2D eigenvalue weighted by Crippen LogP contribution is -2.42. The highest BCUT2D eigenvalue weighted by Gasteiger charge is 2.31. The van der Waals surface area contributed by atoms with Gasteiger partial charge in [-0.05, 0) is 73.5 Å². The molecule has 0 bridgehead atoms. The van der Waals surface area contributed by atoms with Crippen molar-refractivity contribution in [1.82, 2.24) is 18.2 Å². The van der Waals surface area contributed by atoms with Crippen LogP contribution in [0.3, 0.4) is 0 Å². The third-order valence-electron chi connectivity index (χ3n) is 5.76. The lowest BCUT2D eigenvalue weighted by Gasteiger charge is -2.30. The van der Waals surface area contributed by atoms with E-state index in [9.17, 15) is 16.8 Å². The molecule has 0 N–H and O–H groups in total. The van der Waals surface area contributed by atoms with Crippen molar-refractivity contribution in [3.05, 3.63) is 71.1 Å². The minimum absolute atomic E-state index is 0.0951. The highest BCUT2D eigenvalue weighted by molar-refractivity contribution is 9.10. The second-order valence-electron chi connectivity index (χ2n) is 9.19. The van der Waals surface area contributed by atoms with Crippen LogP contribution in [-0.2, 0) is 20.0 Å². The van der Waals surface area contributed by atoms with Gasteiger partial charge in [-0.25, -0.2) is 30.8 Å². The second kappa shape index (κ2) is 8.81. The van der Waals surface area contributed by atoms with Crippen molar-refractivity contribution < 1.29 is 16.8 Å². The predicted molar refractivity (Wildman–Crippen MR) is 139 cm³/mol. The van der Waals surface area contributed by atoms with Gasteiger partial charge in [-0.3, -0.25) is 0 Å². The zero-order valence-electron chi connectivity index (χ0n) is 19.9. The van der Waals surface area contributed by atoms with Crippen LogP contribution in [0.15, 0.2) is 75.3 Å². The maximum atomic E-state index is 13.5. The summed E-state index contributed by atoms with van der Waals surface area (Å²) in [5.41, 5.74) is 1.73. The van der Waals surface area contributed by atoms with Gasteiger partial charge in [0.25, 0.3) is 10.0 Å². The van der Waals surface area contributed by atoms with Gasteiger partial charge in [0.2, 0.25) is 10.0 Å². The molecular weight excluding hydrogens is 552 g/mol. The molecule has 4 aromatic rings. The molecule has 0 radical (unpaired) electrons. The van der Waals surface area contributed by atoms with E-state index < -0.39 is 25.6 Å². The third-order valence-corrected chi connectivity index (χ3v) is 9.92. The van der Waals surface area contributed by atoms with Crippen LogP contribution in [0.2, 0.25) is 0 Å². The second-order valence-corrected chi connectivity index (χ2v) is 13.8. The monoisotopic (exact) mass is 576 g/mol. The first-order chi connectivity index (χ1) is 16.2. The standard InChI is InChI=1S/C24H25BrN4O4S2/c1-16-9-11-18(12-10-16)35(32,33)29-15-20(22-23(29)26-14-21(25)27-22)17-7-6-8-19(13-17)34(30,31)28(5)24(2,3)4/h6-15H,1-5H3. The van der Waals surface area contributed by atoms with Gasteiger partial charge in [0.15, 0.2) is 5.65 Å². The highest BCUT2D eigenvalue weighted by Crippen LogP contribution is 2.34. The fourth-order valence-electron chi connectivity index (χ4n) is 3.50. The third kappa shape index (κ3) is 4.65. The van der Waals surface area contributed by atoms with Crippen molar-refractivity contribution in [3.63, 3.8) is 0 Å². The first kappa shape index (κ1) is 25.5. The zero-order valence-corrected chi connectivity index (χ0v) is 23.1. The number of aromatic nitrogens is 3.